The lowest BCUT2D eigenvalue weighted by Crippen LogP contribution is -2.64. The Morgan fingerprint density at radius 1 is 1.82 bits per heavy atom. The first-order valence-electron chi connectivity index (χ1n) is 3.24. The summed E-state index contributed by atoms with van der Waals surface area (Å²) in [5.74, 6) is -0.615. The van der Waals surface area contributed by atoms with Gasteiger partial charge in [-0.15, -0.1) is 0 Å². The summed E-state index contributed by atoms with van der Waals surface area (Å²) in [6, 6.07) is -0.999. The van der Waals surface area contributed by atoms with Gasteiger partial charge in [-0.3, -0.25) is 4.79 Å². The van der Waals surface area contributed by atoms with E-state index in [0.717, 1.165) is 0 Å². The van der Waals surface area contributed by atoms with Gasteiger partial charge in [-0.25, -0.2) is 0 Å². The molecule has 64 valence electrons. The quantitative estimate of drug-likeness (QED) is 0.469. The Morgan fingerprint density at radius 2 is 2.36 bits per heavy atom. The Labute approximate surface area is 64.1 Å². The molecule has 3 N–H and O–H groups in total. The lowest BCUT2D eigenvalue weighted by molar-refractivity contribution is -0.199. The van der Waals surface area contributed by atoms with Crippen LogP contribution in [0, 0.1) is 0 Å². The molecule has 1 aliphatic heterocycles. The van der Waals surface area contributed by atoms with E-state index in [1.807, 2.05) is 0 Å². The molecule has 0 aliphatic carbocycles. The van der Waals surface area contributed by atoms with Gasteiger partial charge in [-0.2, -0.15) is 0 Å². The van der Waals surface area contributed by atoms with Crippen LogP contribution >= 0.6 is 0 Å². The zero-order chi connectivity index (χ0) is 8.48. The highest BCUT2D eigenvalue weighted by atomic mass is 16.6. The minimum absolute atomic E-state index is 0.100. The molecule has 0 aromatic carbocycles. The fourth-order valence-corrected chi connectivity index (χ4v) is 0.837. The molecule has 5 nitrogen and oxygen atoms in total. The SMILES string of the molecule is COC(=O)C(N)C1(O)COC1. The van der Waals surface area contributed by atoms with Crippen molar-refractivity contribution in [3.63, 3.8) is 0 Å². The maximum absolute atomic E-state index is 10.8. The predicted molar refractivity (Wildman–Crippen MR) is 35.8 cm³/mol. The van der Waals surface area contributed by atoms with Gasteiger partial charge < -0.3 is 20.3 Å². The molecule has 0 bridgehead atoms. The van der Waals surface area contributed by atoms with Gasteiger partial charge in [0, 0.05) is 0 Å². The second-order valence-electron chi connectivity index (χ2n) is 2.60. The van der Waals surface area contributed by atoms with Gasteiger partial charge in [0.25, 0.3) is 0 Å². The third kappa shape index (κ3) is 1.35. The molecular formula is C6H11NO4. The van der Waals surface area contributed by atoms with Crippen molar-refractivity contribution >= 4 is 5.97 Å². The number of rotatable bonds is 2. The maximum atomic E-state index is 10.8. The topological polar surface area (TPSA) is 81.8 Å². The average molecular weight is 161 g/mol. The lowest BCUT2D eigenvalue weighted by Gasteiger charge is -2.39. The number of carbonyl (C=O) groups excluding carboxylic acids is 1. The molecule has 1 heterocycles. The average Bonchev–Trinajstić information content (AvgIpc) is 1.97. The fourth-order valence-electron chi connectivity index (χ4n) is 0.837. The lowest BCUT2D eigenvalue weighted by atomic mass is 9.93. The van der Waals surface area contributed by atoms with Crippen LogP contribution < -0.4 is 5.73 Å². The molecule has 0 amide bonds. The van der Waals surface area contributed by atoms with E-state index in [1.165, 1.54) is 7.11 Å². The van der Waals surface area contributed by atoms with Crippen LogP contribution in [0.4, 0.5) is 0 Å². The first-order valence-corrected chi connectivity index (χ1v) is 3.24. The smallest absolute Gasteiger partial charge is 0.325 e. The Bertz CT molecular complexity index is 166. The molecule has 1 fully saturated rings. The van der Waals surface area contributed by atoms with Gasteiger partial charge in [-0.1, -0.05) is 0 Å². The molecular weight excluding hydrogens is 150 g/mol. The van der Waals surface area contributed by atoms with Crippen molar-refractivity contribution in [1.29, 1.82) is 0 Å². The summed E-state index contributed by atoms with van der Waals surface area (Å²) in [5.41, 5.74) is 4.15. The summed E-state index contributed by atoms with van der Waals surface area (Å²) >= 11 is 0. The second-order valence-corrected chi connectivity index (χ2v) is 2.60. The van der Waals surface area contributed by atoms with Gasteiger partial charge >= 0.3 is 5.97 Å². The number of aliphatic hydroxyl groups is 1. The summed E-state index contributed by atoms with van der Waals surface area (Å²) in [6.07, 6.45) is 0. The summed E-state index contributed by atoms with van der Waals surface area (Å²) < 4.78 is 9.07. The van der Waals surface area contributed by atoms with Crippen molar-refractivity contribution in [1.82, 2.24) is 0 Å². The van der Waals surface area contributed by atoms with E-state index < -0.39 is 17.6 Å². The van der Waals surface area contributed by atoms with E-state index in [2.05, 4.69) is 4.74 Å². The number of hydrogen-bond acceptors (Lipinski definition) is 5. The van der Waals surface area contributed by atoms with Crippen molar-refractivity contribution in [2.45, 2.75) is 11.6 Å². The molecule has 11 heavy (non-hydrogen) atoms. The zero-order valence-corrected chi connectivity index (χ0v) is 6.24. The molecule has 5 heteroatoms. The zero-order valence-electron chi connectivity index (χ0n) is 6.24. The molecule has 1 unspecified atom stereocenters. The molecule has 1 atom stereocenters. The number of esters is 1. The van der Waals surface area contributed by atoms with Crippen LogP contribution in [0.3, 0.4) is 0 Å². The van der Waals surface area contributed by atoms with Gasteiger partial charge in [-0.05, 0) is 0 Å². The molecule has 0 radical (unpaired) electrons. The highest BCUT2D eigenvalue weighted by Gasteiger charge is 2.46. The van der Waals surface area contributed by atoms with Crippen LogP contribution in [-0.4, -0.2) is 43.0 Å². The first-order chi connectivity index (χ1) is 5.10. The molecule has 0 aromatic rings. The van der Waals surface area contributed by atoms with Crippen molar-refractivity contribution in [3.8, 4) is 0 Å². The number of methoxy groups -OCH3 is 1. The van der Waals surface area contributed by atoms with E-state index in [0.29, 0.717) is 0 Å². The van der Waals surface area contributed by atoms with E-state index >= 15 is 0 Å². The van der Waals surface area contributed by atoms with Gasteiger partial charge in [0.2, 0.25) is 0 Å². The Morgan fingerprint density at radius 3 is 2.64 bits per heavy atom. The number of carbonyl (C=O) groups is 1. The normalized spacial score (nSPS) is 23.5. The third-order valence-corrected chi connectivity index (χ3v) is 1.74. The fraction of sp³-hybridized carbons (Fsp3) is 0.833. The van der Waals surface area contributed by atoms with E-state index in [1.54, 1.807) is 0 Å². The summed E-state index contributed by atoms with van der Waals surface area (Å²) in [6.45, 7) is 0.201. The Balaban J connectivity index is 2.52. The third-order valence-electron chi connectivity index (χ3n) is 1.74. The van der Waals surface area contributed by atoms with Crippen molar-refractivity contribution in [2.24, 2.45) is 5.73 Å². The van der Waals surface area contributed by atoms with E-state index in [-0.39, 0.29) is 13.2 Å². The van der Waals surface area contributed by atoms with Crippen molar-refractivity contribution in [2.75, 3.05) is 20.3 Å². The minimum atomic E-state index is -1.22. The van der Waals surface area contributed by atoms with Gasteiger partial charge in [0.05, 0.1) is 20.3 Å². The second kappa shape index (κ2) is 2.77. The van der Waals surface area contributed by atoms with Crippen LogP contribution in [0.1, 0.15) is 0 Å². The predicted octanol–water partition coefficient (Wildman–Crippen LogP) is -1.75. The van der Waals surface area contributed by atoms with E-state index in [4.69, 9.17) is 10.5 Å². The standard InChI is InChI=1S/C6H11NO4/c1-10-5(8)4(7)6(9)2-11-3-6/h4,9H,2-3,7H2,1H3. The minimum Gasteiger partial charge on any atom is -0.468 e. The summed E-state index contributed by atoms with van der Waals surface area (Å²) in [7, 11) is 1.23. The maximum Gasteiger partial charge on any atom is 0.325 e. The molecule has 0 saturated carbocycles. The van der Waals surface area contributed by atoms with Gasteiger partial charge in [0.15, 0.2) is 0 Å². The summed E-state index contributed by atoms with van der Waals surface area (Å²) in [4.78, 5) is 10.8. The number of hydrogen-bond donors (Lipinski definition) is 2. The number of ether oxygens (including phenoxy) is 2. The highest BCUT2D eigenvalue weighted by Crippen LogP contribution is 2.20. The first kappa shape index (κ1) is 8.45. The van der Waals surface area contributed by atoms with Crippen molar-refractivity contribution in [3.05, 3.63) is 0 Å². The van der Waals surface area contributed by atoms with Crippen molar-refractivity contribution < 1.29 is 19.4 Å². The summed E-state index contributed by atoms with van der Waals surface area (Å²) in [5, 5.41) is 9.43. The van der Waals surface area contributed by atoms with Crippen LogP contribution in [0.5, 0.6) is 0 Å². The van der Waals surface area contributed by atoms with Crippen LogP contribution in [-0.2, 0) is 14.3 Å². The number of nitrogens with two attached hydrogens (primary N) is 1. The molecule has 1 rings (SSSR count). The molecule has 0 aromatic heterocycles. The largest absolute Gasteiger partial charge is 0.468 e. The molecule has 0 spiro atoms. The van der Waals surface area contributed by atoms with E-state index in [9.17, 15) is 9.90 Å². The van der Waals surface area contributed by atoms with Gasteiger partial charge in [0.1, 0.15) is 11.6 Å². The van der Waals surface area contributed by atoms with Crippen LogP contribution in [0.15, 0.2) is 0 Å². The highest BCUT2D eigenvalue weighted by molar-refractivity contribution is 5.77. The molecule has 1 aliphatic rings. The monoisotopic (exact) mass is 161 g/mol. The Kier molecular flexibility index (Phi) is 2.12. The van der Waals surface area contributed by atoms with Crippen LogP contribution in [0.2, 0.25) is 0 Å². The Hall–Kier alpha value is -0.650. The molecule has 1 saturated heterocycles. The van der Waals surface area contributed by atoms with Crippen LogP contribution in [0.25, 0.3) is 0 Å².